The topological polar surface area (TPSA) is 66.5 Å². The summed E-state index contributed by atoms with van der Waals surface area (Å²) in [7, 11) is -3.60. The maximum absolute atomic E-state index is 12.4. The van der Waals surface area contributed by atoms with Gasteiger partial charge in [-0.25, -0.2) is 13.1 Å². The molecule has 1 aromatic rings. The summed E-state index contributed by atoms with van der Waals surface area (Å²) in [6.45, 7) is 7.07. The molecule has 0 amide bonds. The van der Waals surface area contributed by atoms with Gasteiger partial charge in [0.15, 0.2) is 5.78 Å². The molecule has 2 atom stereocenters. The Morgan fingerprint density at radius 3 is 2.78 bits per heavy atom. The molecule has 0 unspecified atom stereocenters. The summed E-state index contributed by atoms with van der Waals surface area (Å²) >= 11 is 0. The van der Waals surface area contributed by atoms with Gasteiger partial charge in [0.2, 0.25) is 10.0 Å². The van der Waals surface area contributed by atoms with Crippen molar-refractivity contribution in [3.63, 3.8) is 0 Å². The second kappa shape index (κ2) is 7.55. The fourth-order valence-electron chi connectivity index (χ4n) is 3.09. The molecular formula is C17H26N2O3S. The first-order valence-electron chi connectivity index (χ1n) is 8.17. The van der Waals surface area contributed by atoms with E-state index < -0.39 is 10.0 Å². The van der Waals surface area contributed by atoms with Crippen molar-refractivity contribution in [3.8, 4) is 0 Å². The fourth-order valence-corrected chi connectivity index (χ4v) is 4.26. The maximum Gasteiger partial charge on any atom is 0.240 e. The van der Waals surface area contributed by atoms with Crippen LogP contribution in [0, 0.1) is 0 Å². The van der Waals surface area contributed by atoms with Crippen LogP contribution in [0.15, 0.2) is 29.2 Å². The molecule has 5 nitrogen and oxygen atoms in total. The number of nitrogens with zero attached hydrogens (tertiary/aromatic N) is 1. The van der Waals surface area contributed by atoms with E-state index in [1.54, 1.807) is 12.1 Å². The van der Waals surface area contributed by atoms with Gasteiger partial charge in [0.1, 0.15) is 0 Å². The lowest BCUT2D eigenvalue weighted by Crippen LogP contribution is -2.48. The first-order valence-corrected chi connectivity index (χ1v) is 9.66. The first-order chi connectivity index (χ1) is 10.8. The summed E-state index contributed by atoms with van der Waals surface area (Å²) in [5, 5.41) is 0. The SMILES string of the molecule is CC(=O)c1cccc(S(=O)(=O)NC[C@H](C)N2CCCC[C@@H]2C)c1. The van der Waals surface area contributed by atoms with Gasteiger partial charge in [-0.15, -0.1) is 0 Å². The third-order valence-corrected chi connectivity index (χ3v) is 5.96. The quantitative estimate of drug-likeness (QED) is 0.809. The lowest BCUT2D eigenvalue weighted by Gasteiger charge is -2.38. The summed E-state index contributed by atoms with van der Waals surface area (Å²) in [6.07, 6.45) is 3.58. The predicted molar refractivity (Wildman–Crippen MR) is 91.1 cm³/mol. The number of carbonyl (C=O) groups is 1. The van der Waals surface area contributed by atoms with E-state index in [1.807, 2.05) is 0 Å². The van der Waals surface area contributed by atoms with Crippen molar-refractivity contribution < 1.29 is 13.2 Å². The summed E-state index contributed by atoms with van der Waals surface area (Å²) in [5.74, 6) is -0.141. The summed E-state index contributed by atoms with van der Waals surface area (Å²) in [4.78, 5) is 13.9. The van der Waals surface area contributed by atoms with Crippen molar-refractivity contribution in [3.05, 3.63) is 29.8 Å². The van der Waals surface area contributed by atoms with Gasteiger partial charge in [-0.3, -0.25) is 9.69 Å². The molecule has 1 N–H and O–H groups in total. The Kier molecular flexibility index (Phi) is 5.95. The van der Waals surface area contributed by atoms with Crippen molar-refractivity contribution in [2.45, 2.75) is 57.0 Å². The van der Waals surface area contributed by atoms with Crippen LogP contribution in [0.5, 0.6) is 0 Å². The molecule has 1 aliphatic rings. The van der Waals surface area contributed by atoms with Crippen LogP contribution >= 0.6 is 0 Å². The van der Waals surface area contributed by atoms with E-state index in [0.29, 0.717) is 18.2 Å². The molecule has 6 heteroatoms. The highest BCUT2D eigenvalue weighted by Crippen LogP contribution is 2.19. The van der Waals surface area contributed by atoms with E-state index in [0.717, 1.165) is 13.0 Å². The molecular weight excluding hydrogens is 312 g/mol. The first kappa shape index (κ1) is 18.1. The molecule has 1 fully saturated rings. The molecule has 0 bridgehead atoms. The van der Waals surface area contributed by atoms with Crippen molar-refractivity contribution in [2.24, 2.45) is 0 Å². The Hall–Kier alpha value is -1.24. The number of likely N-dealkylation sites (tertiary alicyclic amines) is 1. The van der Waals surface area contributed by atoms with Gasteiger partial charge in [0.25, 0.3) is 0 Å². The summed E-state index contributed by atoms with van der Waals surface area (Å²) in [5.41, 5.74) is 0.408. The van der Waals surface area contributed by atoms with Crippen LogP contribution in [-0.2, 0) is 10.0 Å². The van der Waals surface area contributed by atoms with Crippen molar-refractivity contribution in [1.29, 1.82) is 0 Å². The van der Waals surface area contributed by atoms with Gasteiger partial charge < -0.3 is 0 Å². The van der Waals surface area contributed by atoms with E-state index in [2.05, 4.69) is 23.5 Å². The Balaban J connectivity index is 2.03. The average molecular weight is 338 g/mol. The third-order valence-electron chi connectivity index (χ3n) is 4.54. The van der Waals surface area contributed by atoms with Crippen LogP contribution in [0.2, 0.25) is 0 Å². The third kappa shape index (κ3) is 4.62. The number of piperidine rings is 1. The van der Waals surface area contributed by atoms with Crippen LogP contribution < -0.4 is 4.72 Å². The van der Waals surface area contributed by atoms with Gasteiger partial charge in [-0.1, -0.05) is 18.6 Å². The van der Waals surface area contributed by atoms with Gasteiger partial charge >= 0.3 is 0 Å². The largest absolute Gasteiger partial charge is 0.297 e. The van der Waals surface area contributed by atoms with Crippen LogP contribution in [0.4, 0.5) is 0 Å². The Morgan fingerprint density at radius 1 is 1.39 bits per heavy atom. The second-order valence-electron chi connectivity index (χ2n) is 6.37. The Bertz CT molecular complexity index is 658. The smallest absolute Gasteiger partial charge is 0.240 e. The highest BCUT2D eigenvalue weighted by Gasteiger charge is 2.24. The standard InChI is InChI=1S/C17H26N2O3S/c1-13-7-4-5-10-19(13)14(2)12-18-23(21,22)17-9-6-8-16(11-17)15(3)20/h6,8-9,11,13-14,18H,4-5,7,10,12H2,1-3H3/t13-,14-/m0/s1. The molecule has 0 aliphatic carbocycles. The monoisotopic (exact) mass is 338 g/mol. The van der Waals surface area contributed by atoms with E-state index >= 15 is 0 Å². The van der Waals surface area contributed by atoms with Crippen molar-refractivity contribution in [2.75, 3.05) is 13.1 Å². The van der Waals surface area contributed by atoms with Gasteiger partial charge in [-0.05, 0) is 52.3 Å². The molecule has 23 heavy (non-hydrogen) atoms. The van der Waals surface area contributed by atoms with Gasteiger partial charge in [0.05, 0.1) is 4.90 Å². The Labute approximate surface area is 139 Å². The molecule has 1 aliphatic heterocycles. The minimum Gasteiger partial charge on any atom is -0.297 e. The molecule has 2 rings (SSSR count). The number of Topliss-reactive ketones (excluding diaryl/α,β-unsaturated/α-hetero) is 1. The Morgan fingerprint density at radius 2 is 2.13 bits per heavy atom. The molecule has 1 saturated heterocycles. The molecule has 0 aromatic heterocycles. The number of ketones is 1. The number of nitrogens with one attached hydrogen (secondary N) is 1. The number of hydrogen-bond donors (Lipinski definition) is 1. The predicted octanol–water partition coefficient (Wildman–Crippen LogP) is 2.43. The highest BCUT2D eigenvalue weighted by atomic mass is 32.2. The molecule has 128 valence electrons. The minimum atomic E-state index is -3.60. The van der Waals surface area contributed by atoms with Crippen LogP contribution in [-0.4, -0.2) is 44.3 Å². The number of carbonyl (C=O) groups excluding carboxylic acids is 1. The lowest BCUT2D eigenvalue weighted by molar-refractivity contribution is 0.101. The van der Waals surface area contributed by atoms with Crippen molar-refractivity contribution >= 4 is 15.8 Å². The number of rotatable bonds is 6. The van der Waals surface area contributed by atoms with Crippen molar-refractivity contribution in [1.82, 2.24) is 9.62 Å². The van der Waals surface area contributed by atoms with Gasteiger partial charge in [0, 0.05) is 24.2 Å². The van der Waals surface area contributed by atoms with E-state index in [-0.39, 0.29) is 16.7 Å². The molecule has 1 aromatic carbocycles. The number of benzene rings is 1. The highest BCUT2D eigenvalue weighted by molar-refractivity contribution is 7.89. The zero-order valence-corrected chi connectivity index (χ0v) is 14.9. The molecule has 0 spiro atoms. The maximum atomic E-state index is 12.4. The average Bonchev–Trinajstić information content (AvgIpc) is 2.53. The zero-order chi connectivity index (χ0) is 17.0. The van der Waals surface area contributed by atoms with E-state index in [4.69, 9.17) is 0 Å². The van der Waals surface area contributed by atoms with Crippen LogP contribution in [0.1, 0.15) is 50.4 Å². The fraction of sp³-hybridized carbons (Fsp3) is 0.588. The number of hydrogen-bond acceptors (Lipinski definition) is 4. The molecule has 1 heterocycles. The minimum absolute atomic E-state index is 0.141. The van der Waals surface area contributed by atoms with E-state index in [9.17, 15) is 13.2 Å². The lowest BCUT2D eigenvalue weighted by atomic mass is 10.0. The van der Waals surface area contributed by atoms with Crippen LogP contribution in [0.3, 0.4) is 0 Å². The normalized spacial score (nSPS) is 21.1. The molecule has 0 radical (unpaired) electrons. The van der Waals surface area contributed by atoms with Gasteiger partial charge in [-0.2, -0.15) is 0 Å². The summed E-state index contributed by atoms with van der Waals surface area (Å²) in [6, 6.07) is 6.81. The summed E-state index contributed by atoms with van der Waals surface area (Å²) < 4.78 is 27.5. The van der Waals surface area contributed by atoms with E-state index in [1.165, 1.54) is 31.9 Å². The second-order valence-corrected chi connectivity index (χ2v) is 8.13. The molecule has 0 saturated carbocycles. The zero-order valence-electron chi connectivity index (χ0n) is 14.1. The van der Waals surface area contributed by atoms with Crippen LogP contribution in [0.25, 0.3) is 0 Å². The number of sulfonamides is 1.